The first-order valence-electron chi connectivity index (χ1n) is 14.8. The molecule has 8 aromatic rings. The lowest BCUT2D eigenvalue weighted by Crippen LogP contribution is -2.12. The van der Waals surface area contributed by atoms with E-state index in [1.807, 2.05) is 0 Å². The minimum absolute atomic E-state index is 1.12. The Morgan fingerprint density at radius 2 is 0.884 bits per heavy atom. The normalized spacial score (nSPS) is 11.3. The first kappa shape index (κ1) is 25.1. The van der Waals surface area contributed by atoms with Crippen LogP contribution >= 0.6 is 0 Å². The molecule has 0 atom stereocenters. The number of nitrogens with zero attached hydrogens (tertiary/aromatic N) is 1. The molecule has 8 aromatic carbocycles. The second-order valence-electron chi connectivity index (χ2n) is 11.0. The van der Waals surface area contributed by atoms with Gasteiger partial charge in [0.05, 0.1) is 11.4 Å². The Hall–Kier alpha value is -5.66. The summed E-state index contributed by atoms with van der Waals surface area (Å²) in [5.41, 5.74) is 8.21. The fourth-order valence-corrected chi connectivity index (χ4v) is 6.40. The molecule has 0 saturated heterocycles. The van der Waals surface area contributed by atoms with E-state index in [0.29, 0.717) is 0 Å². The number of fused-ring (bicyclic) bond motifs is 5. The predicted octanol–water partition coefficient (Wildman–Crippen LogP) is 11.9. The molecule has 0 saturated carbocycles. The summed E-state index contributed by atoms with van der Waals surface area (Å²) in [4.78, 5) is 2.45. The molecule has 0 radical (unpaired) electrons. The van der Waals surface area contributed by atoms with Gasteiger partial charge in [0.25, 0.3) is 0 Å². The SMILES string of the molecule is c1ccc(-c2ccc(N(c3ccccc3)c3cc4c5ccccc5ccc4c4ccccc34)c(-c3ccccc3)c2)cc1. The molecule has 202 valence electrons. The maximum absolute atomic E-state index is 2.45. The Kier molecular flexibility index (Phi) is 6.20. The van der Waals surface area contributed by atoms with E-state index in [9.17, 15) is 0 Å². The van der Waals surface area contributed by atoms with E-state index < -0.39 is 0 Å². The van der Waals surface area contributed by atoms with Gasteiger partial charge in [-0.05, 0) is 74.0 Å². The van der Waals surface area contributed by atoms with E-state index in [4.69, 9.17) is 0 Å². The largest absolute Gasteiger partial charge is 0.309 e. The molecule has 0 aliphatic heterocycles. The van der Waals surface area contributed by atoms with Crippen molar-refractivity contribution in [2.75, 3.05) is 4.90 Å². The fourth-order valence-electron chi connectivity index (χ4n) is 6.40. The highest BCUT2D eigenvalue weighted by atomic mass is 15.1. The van der Waals surface area contributed by atoms with Gasteiger partial charge in [0.2, 0.25) is 0 Å². The van der Waals surface area contributed by atoms with Crippen LogP contribution in [0.3, 0.4) is 0 Å². The number of hydrogen-bond donors (Lipinski definition) is 0. The van der Waals surface area contributed by atoms with Crippen LogP contribution in [0, 0.1) is 0 Å². The summed E-state index contributed by atoms with van der Waals surface area (Å²) in [5, 5.41) is 7.52. The number of benzene rings is 8. The average Bonchev–Trinajstić information content (AvgIpc) is 3.09. The highest BCUT2D eigenvalue weighted by Crippen LogP contribution is 2.47. The van der Waals surface area contributed by atoms with Crippen molar-refractivity contribution in [3.8, 4) is 22.3 Å². The van der Waals surface area contributed by atoms with E-state index in [1.54, 1.807) is 0 Å². The maximum Gasteiger partial charge on any atom is 0.0546 e. The van der Waals surface area contributed by atoms with Crippen molar-refractivity contribution in [1.29, 1.82) is 0 Å². The molecule has 43 heavy (non-hydrogen) atoms. The summed E-state index contributed by atoms with van der Waals surface area (Å²) in [6.45, 7) is 0. The lowest BCUT2D eigenvalue weighted by molar-refractivity contribution is 1.30. The smallest absolute Gasteiger partial charge is 0.0546 e. The summed E-state index contributed by atoms with van der Waals surface area (Å²) < 4.78 is 0. The zero-order chi connectivity index (χ0) is 28.6. The van der Waals surface area contributed by atoms with E-state index >= 15 is 0 Å². The van der Waals surface area contributed by atoms with Crippen molar-refractivity contribution in [1.82, 2.24) is 0 Å². The van der Waals surface area contributed by atoms with Crippen molar-refractivity contribution in [2.45, 2.75) is 0 Å². The van der Waals surface area contributed by atoms with E-state index in [-0.39, 0.29) is 0 Å². The fraction of sp³-hybridized carbons (Fsp3) is 0. The number of rotatable bonds is 5. The van der Waals surface area contributed by atoms with Crippen LogP contribution in [0.5, 0.6) is 0 Å². The van der Waals surface area contributed by atoms with Gasteiger partial charge in [-0.1, -0.05) is 146 Å². The van der Waals surface area contributed by atoms with E-state index in [0.717, 1.165) is 17.1 Å². The minimum atomic E-state index is 1.12. The van der Waals surface area contributed by atoms with Gasteiger partial charge in [-0.25, -0.2) is 0 Å². The average molecular weight is 548 g/mol. The first-order chi connectivity index (χ1) is 21.3. The van der Waals surface area contributed by atoms with Gasteiger partial charge in [0, 0.05) is 16.6 Å². The third kappa shape index (κ3) is 4.43. The molecule has 0 aromatic heterocycles. The Bertz CT molecular complexity index is 2220. The molecular weight excluding hydrogens is 518 g/mol. The first-order valence-corrected chi connectivity index (χ1v) is 14.8. The summed E-state index contributed by atoms with van der Waals surface area (Å²) in [6.07, 6.45) is 0. The Labute approximate surface area is 251 Å². The third-order valence-corrected chi connectivity index (χ3v) is 8.43. The predicted molar refractivity (Wildman–Crippen MR) is 185 cm³/mol. The van der Waals surface area contributed by atoms with Crippen LogP contribution in [0.1, 0.15) is 0 Å². The molecule has 0 bridgehead atoms. The molecule has 0 amide bonds. The van der Waals surface area contributed by atoms with Crippen molar-refractivity contribution in [3.63, 3.8) is 0 Å². The monoisotopic (exact) mass is 547 g/mol. The molecule has 0 spiro atoms. The van der Waals surface area contributed by atoms with Gasteiger partial charge in [-0.15, -0.1) is 0 Å². The minimum Gasteiger partial charge on any atom is -0.309 e. The Balaban J connectivity index is 1.47. The summed E-state index contributed by atoms with van der Waals surface area (Å²) in [6, 6.07) is 63.5. The van der Waals surface area contributed by atoms with Gasteiger partial charge in [-0.2, -0.15) is 0 Å². The molecular formula is C42H29N. The van der Waals surface area contributed by atoms with Crippen molar-refractivity contribution in [2.24, 2.45) is 0 Å². The Morgan fingerprint density at radius 3 is 1.63 bits per heavy atom. The van der Waals surface area contributed by atoms with Crippen LogP contribution < -0.4 is 4.90 Å². The van der Waals surface area contributed by atoms with Crippen LogP contribution in [0.4, 0.5) is 17.1 Å². The summed E-state index contributed by atoms with van der Waals surface area (Å²) in [7, 11) is 0. The third-order valence-electron chi connectivity index (χ3n) is 8.43. The van der Waals surface area contributed by atoms with Crippen molar-refractivity contribution in [3.05, 3.63) is 176 Å². The molecule has 0 aliphatic carbocycles. The van der Waals surface area contributed by atoms with Crippen LogP contribution in [0.25, 0.3) is 54.6 Å². The lowest BCUT2D eigenvalue weighted by Gasteiger charge is -2.30. The van der Waals surface area contributed by atoms with E-state index in [2.05, 4.69) is 181 Å². The molecule has 0 aliphatic rings. The second kappa shape index (κ2) is 10.6. The summed E-state index contributed by atoms with van der Waals surface area (Å²) >= 11 is 0. The van der Waals surface area contributed by atoms with Gasteiger partial charge >= 0.3 is 0 Å². The molecule has 0 N–H and O–H groups in total. The van der Waals surface area contributed by atoms with Crippen LogP contribution in [0.2, 0.25) is 0 Å². The Morgan fingerprint density at radius 1 is 0.302 bits per heavy atom. The highest BCUT2D eigenvalue weighted by molar-refractivity contribution is 6.21. The number of hydrogen-bond acceptors (Lipinski definition) is 1. The number of anilines is 3. The molecule has 8 rings (SSSR count). The molecule has 0 unspecified atom stereocenters. The van der Waals surface area contributed by atoms with Crippen LogP contribution in [-0.4, -0.2) is 0 Å². The van der Waals surface area contributed by atoms with Crippen LogP contribution in [-0.2, 0) is 0 Å². The van der Waals surface area contributed by atoms with Gasteiger partial charge < -0.3 is 4.90 Å². The highest BCUT2D eigenvalue weighted by Gasteiger charge is 2.21. The summed E-state index contributed by atoms with van der Waals surface area (Å²) in [5.74, 6) is 0. The van der Waals surface area contributed by atoms with Crippen LogP contribution in [0.15, 0.2) is 176 Å². The van der Waals surface area contributed by atoms with Crippen molar-refractivity contribution < 1.29 is 0 Å². The zero-order valence-corrected chi connectivity index (χ0v) is 23.7. The van der Waals surface area contributed by atoms with Crippen molar-refractivity contribution >= 4 is 49.4 Å². The molecule has 0 fully saturated rings. The second-order valence-corrected chi connectivity index (χ2v) is 11.0. The molecule has 1 nitrogen and oxygen atoms in total. The van der Waals surface area contributed by atoms with Gasteiger partial charge in [0.1, 0.15) is 0 Å². The number of para-hydroxylation sites is 1. The maximum atomic E-state index is 2.45. The zero-order valence-electron chi connectivity index (χ0n) is 23.7. The molecule has 1 heteroatoms. The van der Waals surface area contributed by atoms with Gasteiger partial charge in [0.15, 0.2) is 0 Å². The quantitative estimate of drug-likeness (QED) is 0.194. The van der Waals surface area contributed by atoms with E-state index in [1.165, 1.54) is 54.6 Å². The molecule has 0 heterocycles. The van der Waals surface area contributed by atoms with Gasteiger partial charge in [-0.3, -0.25) is 0 Å². The topological polar surface area (TPSA) is 3.24 Å². The standard InChI is InChI=1S/C42H29N/c1-4-14-30(15-5-1)33-25-27-41(39(28-33)31-16-6-2-7-17-31)43(34-19-8-3-9-20-34)42-29-40-35-21-11-10-18-32(35)24-26-37(40)36-22-12-13-23-38(36)42/h1-29H. The lowest BCUT2D eigenvalue weighted by atomic mass is 9.93.